The number of carboxylic acids is 1. The molecule has 0 radical (unpaired) electrons. The number of anilines is 1. The molecule has 0 aliphatic carbocycles. The molecule has 1 fully saturated rings. The Labute approximate surface area is 210 Å². The first-order chi connectivity index (χ1) is 16.3. The Bertz CT molecular complexity index is 989. The number of amidine groups is 1. The molecule has 1 amide bonds. The zero-order valence-corrected chi connectivity index (χ0v) is 21.8. The van der Waals surface area contributed by atoms with Crippen LogP contribution in [0, 0.1) is 0 Å². The molecule has 1 saturated heterocycles. The zero-order valence-electron chi connectivity index (χ0n) is 21.0. The van der Waals surface area contributed by atoms with E-state index in [9.17, 15) is 14.7 Å². The van der Waals surface area contributed by atoms with Gasteiger partial charge in [0.15, 0.2) is 5.82 Å². The van der Waals surface area contributed by atoms with E-state index in [2.05, 4.69) is 20.6 Å². The molecule has 0 saturated carbocycles. The summed E-state index contributed by atoms with van der Waals surface area (Å²) in [4.78, 5) is 34.8. The average Bonchev–Trinajstić information content (AvgIpc) is 2.74. The van der Waals surface area contributed by atoms with Gasteiger partial charge in [-0.05, 0) is 41.5 Å². The summed E-state index contributed by atoms with van der Waals surface area (Å²) in [6.07, 6.45) is 0.955. The van der Waals surface area contributed by atoms with E-state index < -0.39 is 17.7 Å². The lowest BCUT2D eigenvalue weighted by molar-refractivity contribution is 0.0178. The number of aliphatic imine (C=N–C) groups is 1. The summed E-state index contributed by atoms with van der Waals surface area (Å²) in [6, 6.07) is 1.01. The molecule has 1 atom stereocenters. The largest absolute Gasteiger partial charge is 0.491 e. The third kappa shape index (κ3) is 8.59. The quantitative estimate of drug-likeness (QED) is 0.246. The molecule has 1 aliphatic rings. The second kappa shape index (κ2) is 12.1. The summed E-state index contributed by atoms with van der Waals surface area (Å²) in [5, 5.41) is 16.2. The van der Waals surface area contributed by atoms with Gasteiger partial charge in [-0.3, -0.25) is 4.99 Å². The Hall–Kier alpha value is -3.05. The predicted molar refractivity (Wildman–Crippen MR) is 135 cm³/mol. The van der Waals surface area contributed by atoms with Crippen LogP contribution in [-0.2, 0) is 4.74 Å². The third-order valence-corrected chi connectivity index (χ3v) is 4.95. The maximum Gasteiger partial charge on any atom is 0.410 e. The van der Waals surface area contributed by atoms with Gasteiger partial charge >= 0.3 is 12.1 Å². The average molecular weight is 511 g/mol. The van der Waals surface area contributed by atoms with Gasteiger partial charge in [0.25, 0.3) is 0 Å². The van der Waals surface area contributed by atoms with E-state index in [0.29, 0.717) is 31.0 Å². The van der Waals surface area contributed by atoms with Gasteiger partial charge in [-0.1, -0.05) is 11.6 Å². The van der Waals surface area contributed by atoms with Gasteiger partial charge in [0.05, 0.1) is 6.04 Å². The normalized spacial score (nSPS) is 17.4. The minimum Gasteiger partial charge on any atom is -0.491 e. The van der Waals surface area contributed by atoms with Crippen molar-refractivity contribution >= 4 is 35.3 Å². The van der Waals surface area contributed by atoms with Crippen LogP contribution in [0.4, 0.5) is 10.6 Å². The molecule has 35 heavy (non-hydrogen) atoms. The van der Waals surface area contributed by atoms with Crippen LogP contribution in [-0.4, -0.2) is 76.8 Å². The second-order valence-electron chi connectivity index (χ2n) is 9.41. The molecular formula is C23H35ClN6O5. The minimum atomic E-state index is -1.25. The number of hydrogen-bond acceptors (Lipinski definition) is 8. The lowest BCUT2D eigenvalue weighted by atomic mass is 10.2. The Balaban J connectivity index is 2.24. The summed E-state index contributed by atoms with van der Waals surface area (Å²) in [7, 11) is 0. The van der Waals surface area contributed by atoms with Crippen LogP contribution >= 0.6 is 11.6 Å². The molecule has 2 heterocycles. The smallest absolute Gasteiger partial charge is 0.410 e. The number of nitrogens with one attached hydrogen (secondary N) is 2. The first kappa shape index (κ1) is 28.2. The number of nitrogens with two attached hydrogens (primary N) is 1. The van der Waals surface area contributed by atoms with Crippen LogP contribution in [0.3, 0.4) is 0 Å². The first-order valence-corrected chi connectivity index (χ1v) is 11.7. The van der Waals surface area contributed by atoms with E-state index in [1.54, 1.807) is 11.8 Å². The number of aromatic nitrogens is 1. The Morgan fingerprint density at radius 1 is 1.46 bits per heavy atom. The molecule has 5 N–H and O–H groups in total. The molecule has 11 nitrogen and oxygen atoms in total. The highest BCUT2D eigenvalue weighted by Crippen LogP contribution is 2.29. The SMILES string of the molecule is CC(=CN)C(=NC(C)C)Nc1nc(Cl)cc(OC[C@H]2CN(C(=O)OC(C)(C)C)CCN2)c1C(=O)O. The lowest BCUT2D eigenvalue weighted by Crippen LogP contribution is -2.55. The van der Waals surface area contributed by atoms with Crippen LogP contribution in [0.15, 0.2) is 22.8 Å². The van der Waals surface area contributed by atoms with Crippen LogP contribution < -0.4 is 21.1 Å². The number of carbonyl (C=O) groups excluding carboxylic acids is 1. The molecule has 0 spiro atoms. The summed E-state index contributed by atoms with van der Waals surface area (Å²) in [6.45, 7) is 12.4. The van der Waals surface area contributed by atoms with Crippen LogP contribution in [0.1, 0.15) is 51.9 Å². The van der Waals surface area contributed by atoms with Crippen molar-refractivity contribution in [2.24, 2.45) is 10.7 Å². The number of pyridine rings is 1. The van der Waals surface area contributed by atoms with Gasteiger partial charge in [0.2, 0.25) is 0 Å². The Morgan fingerprint density at radius 2 is 2.14 bits per heavy atom. The van der Waals surface area contributed by atoms with Crippen molar-refractivity contribution in [2.45, 2.75) is 59.2 Å². The molecule has 1 aromatic rings. The molecule has 1 aliphatic heterocycles. The first-order valence-electron chi connectivity index (χ1n) is 11.3. The predicted octanol–water partition coefficient (Wildman–Crippen LogP) is 3.10. The number of carbonyl (C=O) groups is 2. The fourth-order valence-electron chi connectivity index (χ4n) is 3.20. The summed E-state index contributed by atoms with van der Waals surface area (Å²) in [5.74, 6) is -0.869. The van der Waals surface area contributed by atoms with Crippen molar-refractivity contribution < 1.29 is 24.2 Å². The number of nitrogens with zero attached hydrogens (tertiary/aromatic N) is 3. The maximum atomic E-state index is 12.4. The zero-order chi connectivity index (χ0) is 26.3. The van der Waals surface area contributed by atoms with Crippen molar-refractivity contribution in [3.63, 3.8) is 0 Å². The molecule has 194 valence electrons. The summed E-state index contributed by atoms with van der Waals surface area (Å²) >= 11 is 6.19. The Kier molecular flexibility index (Phi) is 9.73. The van der Waals surface area contributed by atoms with E-state index in [1.807, 2.05) is 34.6 Å². The van der Waals surface area contributed by atoms with Gasteiger partial charge in [-0.15, -0.1) is 0 Å². The number of rotatable bonds is 7. The molecule has 0 unspecified atom stereocenters. The Morgan fingerprint density at radius 3 is 2.71 bits per heavy atom. The van der Waals surface area contributed by atoms with Gasteiger partial charge < -0.3 is 35.8 Å². The molecule has 12 heteroatoms. The van der Waals surface area contributed by atoms with E-state index >= 15 is 0 Å². The number of amides is 1. The number of carboxylic acid groups (broad SMARTS) is 1. The minimum absolute atomic E-state index is 0.0208. The number of ether oxygens (including phenoxy) is 2. The van der Waals surface area contributed by atoms with E-state index in [4.69, 9.17) is 26.8 Å². The number of piperazine rings is 1. The highest BCUT2D eigenvalue weighted by molar-refractivity contribution is 6.30. The van der Waals surface area contributed by atoms with Gasteiger partial charge in [0, 0.05) is 43.5 Å². The van der Waals surface area contributed by atoms with Crippen molar-refractivity contribution in [1.82, 2.24) is 15.2 Å². The fourth-order valence-corrected chi connectivity index (χ4v) is 3.39. The van der Waals surface area contributed by atoms with Crippen molar-refractivity contribution in [2.75, 3.05) is 31.6 Å². The van der Waals surface area contributed by atoms with E-state index in [-0.39, 0.29) is 41.0 Å². The van der Waals surface area contributed by atoms with E-state index in [1.165, 1.54) is 12.3 Å². The lowest BCUT2D eigenvalue weighted by Gasteiger charge is -2.34. The van der Waals surface area contributed by atoms with Crippen molar-refractivity contribution in [3.8, 4) is 5.75 Å². The van der Waals surface area contributed by atoms with Gasteiger partial charge in [-0.2, -0.15) is 0 Å². The fraction of sp³-hybridized carbons (Fsp3) is 0.565. The van der Waals surface area contributed by atoms with Gasteiger partial charge in [-0.25, -0.2) is 14.6 Å². The van der Waals surface area contributed by atoms with Crippen molar-refractivity contribution in [1.29, 1.82) is 0 Å². The van der Waals surface area contributed by atoms with Crippen LogP contribution in [0.5, 0.6) is 5.75 Å². The topological polar surface area (TPSA) is 151 Å². The molecule has 0 bridgehead atoms. The highest BCUT2D eigenvalue weighted by atomic mass is 35.5. The molecule has 0 aromatic carbocycles. The third-order valence-electron chi connectivity index (χ3n) is 4.76. The standard InChI is InChI=1S/C23H35ClN6O5/c1-13(2)27-19(14(3)10-25)29-20-18(21(31)32)16(9-17(24)28-20)34-12-15-11-30(8-7-26-15)22(33)35-23(4,5)6/h9-10,13,15,26H,7-8,11-12,25H2,1-6H3,(H,31,32)(H,27,28,29)/t15-/m1/s1. The number of halogens is 1. The molecule has 2 rings (SSSR count). The highest BCUT2D eigenvalue weighted by Gasteiger charge is 2.29. The monoisotopic (exact) mass is 510 g/mol. The van der Waals surface area contributed by atoms with Crippen LogP contribution in [0.2, 0.25) is 5.15 Å². The molecule has 1 aromatic heterocycles. The number of aromatic carboxylic acids is 1. The summed E-state index contributed by atoms with van der Waals surface area (Å²) in [5.41, 5.74) is 5.45. The second-order valence-corrected chi connectivity index (χ2v) is 9.79. The summed E-state index contributed by atoms with van der Waals surface area (Å²) < 4.78 is 11.3. The maximum absolute atomic E-state index is 12.4. The molecular weight excluding hydrogens is 476 g/mol. The van der Waals surface area contributed by atoms with Crippen molar-refractivity contribution in [3.05, 3.63) is 28.6 Å². The van der Waals surface area contributed by atoms with Crippen LogP contribution in [0.25, 0.3) is 0 Å². The van der Waals surface area contributed by atoms with E-state index in [0.717, 1.165) is 0 Å². The van der Waals surface area contributed by atoms with Gasteiger partial charge in [0.1, 0.15) is 34.5 Å². The number of hydrogen-bond donors (Lipinski definition) is 4.